The van der Waals surface area contributed by atoms with Gasteiger partial charge in [0.25, 0.3) is 0 Å². The molecular weight excluding hydrogens is 314 g/mol. The van der Waals surface area contributed by atoms with Crippen LogP contribution in [0.3, 0.4) is 0 Å². The second-order valence-electron chi connectivity index (χ2n) is 7.15. The van der Waals surface area contributed by atoms with Crippen LogP contribution >= 0.6 is 0 Å². The van der Waals surface area contributed by atoms with Crippen molar-refractivity contribution in [2.24, 2.45) is 5.92 Å². The van der Waals surface area contributed by atoms with Gasteiger partial charge in [-0.3, -0.25) is 4.57 Å². The number of anilines is 1. The molecule has 3 N–H and O–H groups in total. The first-order chi connectivity index (χ1) is 11.5. The van der Waals surface area contributed by atoms with Crippen LogP contribution in [0.25, 0.3) is 11.2 Å². The minimum atomic E-state index is -0.697. The molecule has 2 aliphatic heterocycles. The summed E-state index contributed by atoms with van der Waals surface area (Å²) < 4.78 is 20.3. The van der Waals surface area contributed by atoms with E-state index in [0.717, 1.165) is 6.42 Å². The van der Waals surface area contributed by atoms with Gasteiger partial charge in [-0.25, -0.2) is 15.0 Å². The second-order valence-corrected chi connectivity index (χ2v) is 7.15. The van der Waals surface area contributed by atoms with Gasteiger partial charge in [-0.15, -0.1) is 0 Å². The largest absolute Gasteiger partial charge is 0.396 e. The molecule has 0 amide bonds. The first kappa shape index (κ1) is 14.5. The Balaban J connectivity index is 1.59. The van der Waals surface area contributed by atoms with Crippen molar-refractivity contribution in [2.45, 2.75) is 50.1 Å². The Morgan fingerprint density at radius 3 is 2.88 bits per heavy atom. The van der Waals surface area contributed by atoms with Gasteiger partial charge in [-0.05, 0) is 20.3 Å². The molecule has 9 nitrogen and oxygen atoms in total. The van der Waals surface area contributed by atoms with E-state index in [1.165, 1.54) is 6.33 Å². The molecule has 1 saturated carbocycles. The number of ether oxygens (including phenoxy) is 3. The zero-order valence-electron chi connectivity index (χ0n) is 13.4. The topological polar surface area (TPSA) is 118 Å². The number of hydrogen-bond acceptors (Lipinski definition) is 8. The Hall–Kier alpha value is -1.81. The highest BCUT2D eigenvalue weighted by Gasteiger charge is 2.73. The fourth-order valence-electron chi connectivity index (χ4n) is 4.04. The summed E-state index contributed by atoms with van der Waals surface area (Å²) in [5, 5.41) is 9.57. The summed E-state index contributed by atoms with van der Waals surface area (Å²) in [4.78, 5) is 12.6. The number of fused-ring (bicyclic) bond motifs is 3. The van der Waals surface area contributed by atoms with E-state index in [0.29, 0.717) is 17.0 Å². The van der Waals surface area contributed by atoms with Crippen molar-refractivity contribution in [1.82, 2.24) is 19.5 Å². The molecule has 2 aromatic rings. The fraction of sp³-hybridized carbons (Fsp3) is 0.667. The molecule has 3 aliphatic rings. The number of aliphatic hydroxyl groups excluding tert-OH is 1. The summed E-state index contributed by atoms with van der Waals surface area (Å²) in [6.45, 7) is 3.84. The molecule has 5 rings (SSSR count). The average Bonchev–Trinajstić information content (AvgIpc) is 2.78. The van der Waals surface area contributed by atoms with Crippen LogP contribution in [0.5, 0.6) is 0 Å². The van der Waals surface area contributed by atoms with Crippen molar-refractivity contribution in [3.63, 3.8) is 0 Å². The van der Waals surface area contributed by atoms with Crippen LogP contribution in [0.2, 0.25) is 0 Å². The van der Waals surface area contributed by atoms with Crippen LogP contribution < -0.4 is 5.73 Å². The highest BCUT2D eigenvalue weighted by Crippen LogP contribution is 2.62. The molecule has 9 heteroatoms. The molecule has 2 saturated heterocycles. The SMILES string of the molecule is CC1(C)OC2[C@H](n3cnc4c(N)ncnc43)O[C@@]3(C[C@H]3CO)[C@@H]2O1. The third kappa shape index (κ3) is 1.75. The van der Waals surface area contributed by atoms with Gasteiger partial charge >= 0.3 is 0 Å². The highest BCUT2D eigenvalue weighted by molar-refractivity contribution is 5.81. The van der Waals surface area contributed by atoms with Gasteiger partial charge in [0, 0.05) is 12.5 Å². The van der Waals surface area contributed by atoms with E-state index < -0.39 is 17.6 Å². The van der Waals surface area contributed by atoms with E-state index in [9.17, 15) is 5.11 Å². The Bertz CT molecular complexity index is 823. The molecule has 5 atom stereocenters. The van der Waals surface area contributed by atoms with Crippen LogP contribution in [0.15, 0.2) is 12.7 Å². The number of imidazole rings is 1. The van der Waals surface area contributed by atoms with Crippen LogP contribution in [-0.2, 0) is 14.2 Å². The maximum absolute atomic E-state index is 9.57. The van der Waals surface area contributed by atoms with Gasteiger partial charge in [-0.2, -0.15) is 0 Å². The lowest BCUT2D eigenvalue weighted by Gasteiger charge is -2.25. The first-order valence-corrected chi connectivity index (χ1v) is 8.02. The van der Waals surface area contributed by atoms with Crippen molar-refractivity contribution in [3.05, 3.63) is 12.7 Å². The van der Waals surface area contributed by atoms with Gasteiger partial charge in [-0.1, -0.05) is 0 Å². The van der Waals surface area contributed by atoms with Crippen molar-refractivity contribution in [2.75, 3.05) is 12.3 Å². The molecule has 0 aromatic carbocycles. The molecule has 1 unspecified atom stereocenters. The Morgan fingerprint density at radius 2 is 2.12 bits per heavy atom. The molecule has 0 bridgehead atoms. The van der Waals surface area contributed by atoms with E-state index in [2.05, 4.69) is 15.0 Å². The minimum absolute atomic E-state index is 0.0574. The molecule has 3 fully saturated rings. The van der Waals surface area contributed by atoms with Crippen LogP contribution in [-0.4, -0.2) is 54.8 Å². The van der Waals surface area contributed by atoms with Crippen LogP contribution in [0.4, 0.5) is 5.82 Å². The van der Waals surface area contributed by atoms with E-state index in [1.807, 2.05) is 18.4 Å². The molecule has 128 valence electrons. The van der Waals surface area contributed by atoms with E-state index in [-0.39, 0.29) is 24.7 Å². The first-order valence-electron chi connectivity index (χ1n) is 8.02. The smallest absolute Gasteiger partial charge is 0.167 e. The third-order valence-electron chi connectivity index (χ3n) is 5.21. The number of aromatic nitrogens is 4. The highest BCUT2D eigenvalue weighted by atomic mass is 16.8. The van der Waals surface area contributed by atoms with E-state index in [4.69, 9.17) is 19.9 Å². The van der Waals surface area contributed by atoms with Gasteiger partial charge in [0.1, 0.15) is 29.7 Å². The van der Waals surface area contributed by atoms with E-state index >= 15 is 0 Å². The monoisotopic (exact) mass is 333 g/mol. The maximum Gasteiger partial charge on any atom is 0.167 e. The molecule has 24 heavy (non-hydrogen) atoms. The van der Waals surface area contributed by atoms with Crippen LogP contribution in [0.1, 0.15) is 26.5 Å². The molecule has 4 heterocycles. The fourth-order valence-corrected chi connectivity index (χ4v) is 4.04. The third-order valence-corrected chi connectivity index (χ3v) is 5.21. The van der Waals surface area contributed by atoms with Gasteiger partial charge in [0.15, 0.2) is 23.5 Å². The maximum atomic E-state index is 9.57. The number of hydrogen-bond donors (Lipinski definition) is 2. The van der Waals surface area contributed by atoms with Crippen LogP contribution in [0, 0.1) is 5.92 Å². The van der Waals surface area contributed by atoms with Crippen molar-refractivity contribution in [3.8, 4) is 0 Å². The number of aliphatic hydroxyl groups is 1. The number of rotatable bonds is 2. The lowest BCUT2D eigenvalue weighted by atomic mass is 10.1. The summed E-state index contributed by atoms with van der Waals surface area (Å²) in [5.41, 5.74) is 6.49. The molecule has 2 aromatic heterocycles. The summed E-state index contributed by atoms with van der Waals surface area (Å²) in [7, 11) is 0. The molecule has 0 radical (unpaired) electrons. The Labute approximate surface area is 137 Å². The van der Waals surface area contributed by atoms with Crippen molar-refractivity contribution in [1.29, 1.82) is 0 Å². The average molecular weight is 333 g/mol. The lowest BCUT2D eigenvalue weighted by Crippen LogP contribution is -2.33. The zero-order chi connectivity index (χ0) is 16.7. The minimum Gasteiger partial charge on any atom is -0.396 e. The Kier molecular flexibility index (Phi) is 2.68. The van der Waals surface area contributed by atoms with Gasteiger partial charge < -0.3 is 25.1 Å². The zero-order valence-corrected chi connectivity index (χ0v) is 13.4. The normalized spacial score (nSPS) is 39.6. The predicted molar refractivity (Wildman–Crippen MR) is 81.6 cm³/mol. The second kappa shape index (κ2) is 4.42. The van der Waals surface area contributed by atoms with Crippen molar-refractivity contribution >= 4 is 17.0 Å². The standard InChI is InChI=1S/C15H19N5O4/c1-14(2)22-9-10(23-14)15(3-7(15)4-21)24-13(9)20-6-19-8-11(16)17-5-18-12(8)20/h5-7,9-10,13,21H,3-4H2,1-2H3,(H2,16,17,18)/t7-,9?,10+,13+,15+/m0/s1. The van der Waals surface area contributed by atoms with Gasteiger partial charge in [0.2, 0.25) is 0 Å². The lowest BCUT2D eigenvalue weighted by molar-refractivity contribution is -0.204. The summed E-state index contributed by atoms with van der Waals surface area (Å²) in [5.74, 6) is -0.314. The predicted octanol–water partition coefficient (Wildman–Crippen LogP) is 0.208. The summed E-state index contributed by atoms with van der Waals surface area (Å²) >= 11 is 0. The number of nitrogens with zero attached hydrogens (tertiary/aromatic N) is 4. The quantitative estimate of drug-likeness (QED) is 0.801. The summed E-state index contributed by atoms with van der Waals surface area (Å²) in [6.07, 6.45) is 2.83. The Morgan fingerprint density at radius 1 is 1.29 bits per heavy atom. The van der Waals surface area contributed by atoms with E-state index in [1.54, 1.807) is 6.33 Å². The molecule has 1 aliphatic carbocycles. The van der Waals surface area contributed by atoms with Crippen molar-refractivity contribution < 1.29 is 19.3 Å². The van der Waals surface area contributed by atoms with Gasteiger partial charge in [0.05, 0.1) is 6.33 Å². The number of nitrogen functional groups attached to an aromatic ring is 1. The summed E-state index contributed by atoms with van der Waals surface area (Å²) in [6, 6.07) is 0. The molecule has 1 spiro atoms. The molecular formula is C15H19N5O4. The number of nitrogens with two attached hydrogens (primary N) is 1.